The zero-order valence-corrected chi connectivity index (χ0v) is 9.17. The summed E-state index contributed by atoms with van der Waals surface area (Å²) in [7, 11) is 0. The summed E-state index contributed by atoms with van der Waals surface area (Å²) < 4.78 is 5.40. The molecule has 0 saturated carbocycles. The summed E-state index contributed by atoms with van der Waals surface area (Å²) in [5.41, 5.74) is 0. The third-order valence-electron chi connectivity index (χ3n) is 3.45. The third kappa shape index (κ3) is 2.69. The van der Waals surface area contributed by atoms with Crippen molar-refractivity contribution in [1.82, 2.24) is 10.2 Å². The van der Waals surface area contributed by atoms with E-state index < -0.39 is 0 Å². The van der Waals surface area contributed by atoms with Crippen molar-refractivity contribution in [3.63, 3.8) is 0 Å². The first kappa shape index (κ1) is 10.4. The fourth-order valence-electron chi connectivity index (χ4n) is 2.44. The minimum atomic E-state index is 0.694. The Morgan fingerprint density at radius 1 is 1.14 bits per heavy atom. The molecule has 82 valence electrons. The molecule has 0 aromatic heterocycles. The first-order chi connectivity index (χ1) is 6.86. The summed E-state index contributed by atoms with van der Waals surface area (Å²) in [5, 5.41) is 3.54. The average molecular weight is 198 g/mol. The van der Waals surface area contributed by atoms with Crippen LogP contribution in [0.1, 0.15) is 26.2 Å². The van der Waals surface area contributed by atoms with Gasteiger partial charge in [-0.3, -0.25) is 4.90 Å². The Labute approximate surface area is 86.8 Å². The standard InChI is InChI=1S/C11H22N2O/c1-10-2-6-13(7-5-12-10)11-3-8-14-9-4-11/h10-12H,2-9H2,1H3. The van der Waals surface area contributed by atoms with Crippen molar-refractivity contribution in [1.29, 1.82) is 0 Å². The van der Waals surface area contributed by atoms with Crippen LogP contribution in [0.2, 0.25) is 0 Å². The van der Waals surface area contributed by atoms with Gasteiger partial charge in [0.2, 0.25) is 0 Å². The molecule has 0 aromatic rings. The lowest BCUT2D eigenvalue weighted by Gasteiger charge is -2.33. The zero-order chi connectivity index (χ0) is 9.80. The van der Waals surface area contributed by atoms with Crippen molar-refractivity contribution in [2.45, 2.75) is 38.3 Å². The fourth-order valence-corrected chi connectivity index (χ4v) is 2.44. The molecular formula is C11H22N2O. The van der Waals surface area contributed by atoms with Crippen LogP contribution >= 0.6 is 0 Å². The monoisotopic (exact) mass is 198 g/mol. The normalized spacial score (nSPS) is 32.8. The molecule has 1 unspecified atom stereocenters. The van der Waals surface area contributed by atoms with E-state index in [1.807, 2.05) is 0 Å². The highest BCUT2D eigenvalue weighted by molar-refractivity contribution is 4.79. The number of ether oxygens (including phenoxy) is 1. The van der Waals surface area contributed by atoms with Gasteiger partial charge in [-0.15, -0.1) is 0 Å². The summed E-state index contributed by atoms with van der Waals surface area (Å²) in [4.78, 5) is 2.65. The SMILES string of the molecule is CC1CCN(C2CCOCC2)CCN1. The third-order valence-corrected chi connectivity index (χ3v) is 3.45. The van der Waals surface area contributed by atoms with Crippen molar-refractivity contribution in [2.24, 2.45) is 0 Å². The van der Waals surface area contributed by atoms with E-state index in [-0.39, 0.29) is 0 Å². The van der Waals surface area contributed by atoms with Gasteiger partial charge in [-0.05, 0) is 32.7 Å². The Balaban J connectivity index is 1.83. The van der Waals surface area contributed by atoms with Crippen molar-refractivity contribution in [3.8, 4) is 0 Å². The predicted molar refractivity (Wildman–Crippen MR) is 57.5 cm³/mol. The molecule has 3 heteroatoms. The molecule has 1 atom stereocenters. The maximum atomic E-state index is 5.40. The lowest BCUT2D eigenvalue weighted by Crippen LogP contribution is -2.41. The first-order valence-electron chi connectivity index (χ1n) is 5.91. The molecule has 0 bridgehead atoms. The first-order valence-corrected chi connectivity index (χ1v) is 5.91. The molecule has 2 fully saturated rings. The Morgan fingerprint density at radius 2 is 1.93 bits per heavy atom. The van der Waals surface area contributed by atoms with Crippen molar-refractivity contribution < 1.29 is 4.74 Å². The van der Waals surface area contributed by atoms with Gasteiger partial charge in [-0.25, -0.2) is 0 Å². The van der Waals surface area contributed by atoms with Crippen LogP contribution in [0.15, 0.2) is 0 Å². The van der Waals surface area contributed by atoms with Crippen molar-refractivity contribution in [3.05, 3.63) is 0 Å². The second-order valence-corrected chi connectivity index (χ2v) is 4.52. The van der Waals surface area contributed by atoms with Crippen LogP contribution in [0.4, 0.5) is 0 Å². The Kier molecular flexibility index (Phi) is 3.79. The number of rotatable bonds is 1. The van der Waals surface area contributed by atoms with E-state index in [0.717, 1.165) is 25.8 Å². The molecule has 2 aliphatic rings. The van der Waals surface area contributed by atoms with Gasteiger partial charge in [-0.2, -0.15) is 0 Å². The van der Waals surface area contributed by atoms with Crippen LogP contribution in [0.25, 0.3) is 0 Å². The van der Waals surface area contributed by atoms with Gasteiger partial charge in [0.1, 0.15) is 0 Å². The highest BCUT2D eigenvalue weighted by Crippen LogP contribution is 2.15. The van der Waals surface area contributed by atoms with E-state index in [1.54, 1.807) is 0 Å². The molecule has 3 nitrogen and oxygen atoms in total. The van der Waals surface area contributed by atoms with Crippen LogP contribution in [-0.2, 0) is 4.74 Å². The smallest absolute Gasteiger partial charge is 0.0480 e. The fraction of sp³-hybridized carbons (Fsp3) is 1.00. The minimum absolute atomic E-state index is 0.694. The second kappa shape index (κ2) is 5.10. The van der Waals surface area contributed by atoms with Gasteiger partial charge >= 0.3 is 0 Å². The van der Waals surface area contributed by atoms with E-state index in [0.29, 0.717) is 6.04 Å². The van der Waals surface area contributed by atoms with E-state index in [2.05, 4.69) is 17.1 Å². The molecule has 0 amide bonds. The minimum Gasteiger partial charge on any atom is -0.381 e. The van der Waals surface area contributed by atoms with Crippen molar-refractivity contribution >= 4 is 0 Å². The van der Waals surface area contributed by atoms with Crippen LogP contribution in [0.5, 0.6) is 0 Å². The highest BCUT2D eigenvalue weighted by Gasteiger charge is 2.23. The molecule has 0 aromatic carbocycles. The predicted octanol–water partition coefficient (Wildman–Crippen LogP) is 0.849. The van der Waals surface area contributed by atoms with E-state index >= 15 is 0 Å². The van der Waals surface area contributed by atoms with Gasteiger partial charge < -0.3 is 10.1 Å². The van der Waals surface area contributed by atoms with Gasteiger partial charge in [0.15, 0.2) is 0 Å². The molecule has 2 heterocycles. The molecule has 2 saturated heterocycles. The number of nitrogens with zero attached hydrogens (tertiary/aromatic N) is 1. The molecular weight excluding hydrogens is 176 g/mol. The van der Waals surface area contributed by atoms with Gasteiger partial charge in [-0.1, -0.05) is 0 Å². The lowest BCUT2D eigenvalue weighted by molar-refractivity contribution is 0.0362. The molecule has 0 radical (unpaired) electrons. The van der Waals surface area contributed by atoms with Crippen molar-refractivity contribution in [2.75, 3.05) is 32.8 Å². The van der Waals surface area contributed by atoms with Crippen LogP contribution < -0.4 is 5.32 Å². The molecule has 14 heavy (non-hydrogen) atoms. The second-order valence-electron chi connectivity index (χ2n) is 4.52. The maximum absolute atomic E-state index is 5.40. The molecule has 2 rings (SSSR count). The van der Waals surface area contributed by atoms with E-state index in [1.165, 1.54) is 32.4 Å². The Hall–Kier alpha value is -0.120. The van der Waals surface area contributed by atoms with Gasteiger partial charge in [0, 0.05) is 38.4 Å². The highest BCUT2D eigenvalue weighted by atomic mass is 16.5. The lowest BCUT2D eigenvalue weighted by atomic mass is 10.1. The molecule has 0 aliphatic carbocycles. The van der Waals surface area contributed by atoms with E-state index in [9.17, 15) is 0 Å². The quantitative estimate of drug-likeness (QED) is 0.676. The number of hydrogen-bond donors (Lipinski definition) is 1. The summed E-state index contributed by atoms with van der Waals surface area (Å²) >= 11 is 0. The Bertz CT molecular complexity index is 169. The largest absolute Gasteiger partial charge is 0.381 e. The zero-order valence-electron chi connectivity index (χ0n) is 9.17. The summed E-state index contributed by atoms with van der Waals surface area (Å²) in [6.45, 7) is 7.84. The summed E-state index contributed by atoms with van der Waals surface area (Å²) in [5.74, 6) is 0. The molecule has 1 N–H and O–H groups in total. The maximum Gasteiger partial charge on any atom is 0.0480 e. The number of hydrogen-bond acceptors (Lipinski definition) is 3. The van der Waals surface area contributed by atoms with Crippen LogP contribution in [0.3, 0.4) is 0 Å². The Morgan fingerprint density at radius 3 is 2.71 bits per heavy atom. The van der Waals surface area contributed by atoms with Crippen LogP contribution in [-0.4, -0.2) is 49.8 Å². The molecule has 0 spiro atoms. The molecule has 2 aliphatic heterocycles. The van der Waals surface area contributed by atoms with Gasteiger partial charge in [0.25, 0.3) is 0 Å². The topological polar surface area (TPSA) is 24.5 Å². The number of nitrogens with one attached hydrogen (secondary N) is 1. The summed E-state index contributed by atoms with van der Waals surface area (Å²) in [6, 6.07) is 1.48. The average Bonchev–Trinajstić information content (AvgIpc) is 2.44. The van der Waals surface area contributed by atoms with Gasteiger partial charge in [0.05, 0.1) is 0 Å². The van der Waals surface area contributed by atoms with Crippen LogP contribution in [0, 0.1) is 0 Å². The summed E-state index contributed by atoms with van der Waals surface area (Å²) in [6.07, 6.45) is 3.75. The van der Waals surface area contributed by atoms with E-state index in [4.69, 9.17) is 4.74 Å².